The molecule has 1 amide bonds. The van der Waals surface area contributed by atoms with E-state index in [1.54, 1.807) is 31.3 Å². The molecular formula is C18H12I2N2O4S. The van der Waals surface area contributed by atoms with Gasteiger partial charge in [0.2, 0.25) is 0 Å². The summed E-state index contributed by atoms with van der Waals surface area (Å²) in [4.78, 5) is 29.8. The Bertz CT molecular complexity index is 1000. The van der Waals surface area contributed by atoms with Crippen LogP contribution in [0, 0.1) is 7.14 Å². The van der Waals surface area contributed by atoms with Crippen molar-refractivity contribution in [3.63, 3.8) is 0 Å². The summed E-state index contributed by atoms with van der Waals surface area (Å²) in [6.45, 7) is 0. The lowest BCUT2D eigenvalue weighted by molar-refractivity contribution is -0.121. The summed E-state index contributed by atoms with van der Waals surface area (Å²) in [5, 5.41) is 19.7. The van der Waals surface area contributed by atoms with Gasteiger partial charge in [0.25, 0.3) is 5.91 Å². The SMILES string of the molecule is CN1C(=O)C(=Cc2cc(I)cc(I)c2O)SC1=Nc1ccc(C(=O)O)cc1. The van der Waals surface area contributed by atoms with Crippen molar-refractivity contribution in [2.45, 2.75) is 0 Å². The number of phenolic OH excluding ortho intramolecular Hbond substituents is 1. The Hall–Kier alpha value is -1.60. The molecule has 138 valence electrons. The topological polar surface area (TPSA) is 90.2 Å². The fourth-order valence-electron chi connectivity index (χ4n) is 2.28. The first-order valence-corrected chi connectivity index (χ1v) is 10.5. The predicted octanol–water partition coefficient (Wildman–Crippen LogP) is 4.53. The van der Waals surface area contributed by atoms with Crippen LogP contribution < -0.4 is 0 Å². The highest BCUT2D eigenvalue weighted by atomic mass is 127. The number of amidine groups is 1. The summed E-state index contributed by atoms with van der Waals surface area (Å²) >= 11 is 5.41. The number of aromatic carboxylic acids is 1. The molecule has 0 bridgehead atoms. The first-order valence-electron chi connectivity index (χ1n) is 7.54. The zero-order chi connectivity index (χ0) is 19.7. The van der Waals surface area contributed by atoms with Crippen molar-refractivity contribution in [2.75, 3.05) is 7.05 Å². The maximum Gasteiger partial charge on any atom is 0.335 e. The van der Waals surface area contributed by atoms with Gasteiger partial charge in [-0.05, 0) is 99.4 Å². The van der Waals surface area contributed by atoms with Gasteiger partial charge in [0.1, 0.15) is 5.75 Å². The summed E-state index contributed by atoms with van der Waals surface area (Å²) in [5.74, 6) is -1.09. The normalized spacial score (nSPS) is 17.1. The highest BCUT2D eigenvalue weighted by molar-refractivity contribution is 14.1. The third kappa shape index (κ3) is 4.46. The van der Waals surface area contributed by atoms with E-state index in [0.717, 1.165) is 3.57 Å². The van der Waals surface area contributed by atoms with Crippen LogP contribution in [-0.2, 0) is 4.79 Å². The van der Waals surface area contributed by atoms with Crippen LogP contribution in [0.4, 0.5) is 5.69 Å². The van der Waals surface area contributed by atoms with Crippen LogP contribution in [0.2, 0.25) is 0 Å². The average molecular weight is 606 g/mol. The number of rotatable bonds is 3. The van der Waals surface area contributed by atoms with Gasteiger partial charge in [0.15, 0.2) is 5.17 Å². The van der Waals surface area contributed by atoms with Crippen LogP contribution in [-0.4, -0.2) is 39.2 Å². The van der Waals surface area contributed by atoms with E-state index in [0.29, 0.717) is 24.9 Å². The fraction of sp³-hybridized carbons (Fsp3) is 0.0556. The molecule has 2 aromatic rings. The van der Waals surface area contributed by atoms with Crippen molar-refractivity contribution >= 4 is 85.8 Å². The predicted molar refractivity (Wildman–Crippen MR) is 122 cm³/mol. The zero-order valence-corrected chi connectivity index (χ0v) is 18.9. The number of carbonyl (C=O) groups is 2. The highest BCUT2D eigenvalue weighted by Crippen LogP contribution is 2.36. The summed E-state index contributed by atoms with van der Waals surface area (Å²) in [5.41, 5.74) is 1.30. The van der Waals surface area contributed by atoms with E-state index >= 15 is 0 Å². The van der Waals surface area contributed by atoms with E-state index in [4.69, 9.17) is 5.11 Å². The largest absolute Gasteiger partial charge is 0.506 e. The number of thioether (sulfide) groups is 1. The molecule has 0 atom stereocenters. The molecule has 1 saturated heterocycles. The lowest BCUT2D eigenvalue weighted by Crippen LogP contribution is -2.23. The molecule has 9 heteroatoms. The Morgan fingerprint density at radius 3 is 2.52 bits per heavy atom. The molecule has 1 aliphatic rings. The minimum Gasteiger partial charge on any atom is -0.506 e. The van der Waals surface area contributed by atoms with Gasteiger partial charge in [-0.2, -0.15) is 0 Å². The third-order valence-electron chi connectivity index (χ3n) is 3.69. The molecule has 2 N–H and O–H groups in total. The van der Waals surface area contributed by atoms with Gasteiger partial charge in [0, 0.05) is 16.2 Å². The van der Waals surface area contributed by atoms with E-state index in [-0.39, 0.29) is 17.2 Å². The summed E-state index contributed by atoms with van der Waals surface area (Å²) < 4.78 is 1.67. The minimum atomic E-state index is -1.01. The van der Waals surface area contributed by atoms with Crippen LogP contribution in [0.25, 0.3) is 6.08 Å². The van der Waals surface area contributed by atoms with Crippen LogP contribution in [0.3, 0.4) is 0 Å². The Labute approximate surface area is 186 Å². The number of benzene rings is 2. The number of nitrogens with zero attached hydrogens (tertiary/aromatic N) is 2. The van der Waals surface area contributed by atoms with E-state index in [9.17, 15) is 14.7 Å². The molecule has 2 aromatic carbocycles. The molecule has 0 aromatic heterocycles. The second kappa shape index (κ2) is 8.19. The Morgan fingerprint density at radius 1 is 1.22 bits per heavy atom. The van der Waals surface area contributed by atoms with Crippen molar-refractivity contribution in [1.29, 1.82) is 0 Å². The van der Waals surface area contributed by atoms with Gasteiger partial charge in [-0.3, -0.25) is 9.69 Å². The molecular weight excluding hydrogens is 594 g/mol. The standard InChI is InChI=1S/C18H12I2N2O4S/c1-22-16(24)14(7-10-6-11(19)8-13(20)15(10)23)27-18(22)21-12-4-2-9(3-5-12)17(25)26/h2-8,23H,1H3,(H,25,26). The number of carbonyl (C=O) groups excluding carboxylic acids is 1. The van der Waals surface area contributed by atoms with Crippen LogP contribution in [0.1, 0.15) is 15.9 Å². The first-order chi connectivity index (χ1) is 12.8. The minimum absolute atomic E-state index is 0.134. The van der Waals surface area contributed by atoms with Gasteiger partial charge in [0.05, 0.1) is 19.7 Å². The summed E-state index contributed by atoms with van der Waals surface area (Å²) in [6, 6.07) is 9.76. The first kappa shape index (κ1) is 20.1. The Morgan fingerprint density at radius 2 is 1.89 bits per heavy atom. The number of aliphatic imine (C=N–C) groups is 1. The van der Waals surface area contributed by atoms with Crippen molar-refractivity contribution in [1.82, 2.24) is 4.90 Å². The number of amides is 1. The number of halogens is 2. The molecule has 27 heavy (non-hydrogen) atoms. The number of hydrogen-bond acceptors (Lipinski definition) is 5. The van der Waals surface area contributed by atoms with E-state index in [1.807, 2.05) is 28.7 Å². The van der Waals surface area contributed by atoms with E-state index in [1.165, 1.54) is 28.8 Å². The van der Waals surface area contributed by atoms with Crippen molar-refractivity contribution < 1.29 is 19.8 Å². The monoisotopic (exact) mass is 606 g/mol. The van der Waals surface area contributed by atoms with Crippen LogP contribution in [0.5, 0.6) is 5.75 Å². The third-order valence-corrected chi connectivity index (χ3v) is 6.19. The van der Waals surface area contributed by atoms with Gasteiger partial charge in [-0.25, -0.2) is 9.79 Å². The zero-order valence-electron chi connectivity index (χ0n) is 13.8. The number of hydrogen-bond donors (Lipinski definition) is 2. The molecule has 0 saturated carbocycles. The number of carboxylic acids is 1. The van der Waals surface area contributed by atoms with Crippen LogP contribution in [0.15, 0.2) is 46.3 Å². The van der Waals surface area contributed by atoms with Gasteiger partial charge < -0.3 is 10.2 Å². The average Bonchev–Trinajstić information content (AvgIpc) is 2.87. The van der Waals surface area contributed by atoms with Gasteiger partial charge >= 0.3 is 5.97 Å². The molecule has 1 heterocycles. The maximum atomic E-state index is 12.5. The number of aromatic hydroxyl groups is 1. The molecule has 1 aliphatic heterocycles. The quantitative estimate of drug-likeness (QED) is 0.396. The molecule has 0 aliphatic carbocycles. The van der Waals surface area contributed by atoms with Gasteiger partial charge in [-0.1, -0.05) is 0 Å². The van der Waals surface area contributed by atoms with Gasteiger partial charge in [-0.15, -0.1) is 0 Å². The van der Waals surface area contributed by atoms with Crippen LogP contribution >= 0.6 is 56.9 Å². The molecule has 6 nitrogen and oxygen atoms in total. The lowest BCUT2D eigenvalue weighted by Gasteiger charge is -2.07. The van der Waals surface area contributed by atoms with E-state index < -0.39 is 5.97 Å². The second-order valence-electron chi connectivity index (χ2n) is 5.55. The highest BCUT2D eigenvalue weighted by Gasteiger charge is 2.30. The van der Waals surface area contributed by atoms with Crippen molar-refractivity contribution in [3.05, 3.63) is 59.6 Å². The molecule has 1 fully saturated rings. The number of carboxylic acid groups (broad SMARTS) is 1. The summed E-state index contributed by atoms with van der Waals surface area (Å²) in [7, 11) is 1.62. The molecule has 0 unspecified atom stereocenters. The molecule has 0 spiro atoms. The van der Waals surface area contributed by atoms with Crippen molar-refractivity contribution in [2.24, 2.45) is 4.99 Å². The lowest BCUT2D eigenvalue weighted by atomic mass is 10.2. The maximum absolute atomic E-state index is 12.5. The smallest absolute Gasteiger partial charge is 0.335 e. The Balaban J connectivity index is 1.92. The molecule has 3 rings (SSSR count). The number of likely N-dealkylation sites (N-methyl/N-ethyl adjacent to an activating group) is 1. The van der Waals surface area contributed by atoms with Crippen molar-refractivity contribution in [3.8, 4) is 5.75 Å². The van der Waals surface area contributed by atoms with E-state index in [2.05, 4.69) is 27.6 Å². The summed E-state index contributed by atoms with van der Waals surface area (Å²) in [6.07, 6.45) is 1.65. The number of phenols is 1. The Kier molecular flexibility index (Phi) is 6.11. The fourth-order valence-corrected chi connectivity index (χ4v) is 5.15. The second-order valence-corrected chi connectivity index (χ2v) is 8.96. The molecule has 0 radical (unpaired) electrons.